The molecule has 3 heteroatoms. The summed E-state index contributed by atoms with van der Waals surface area (Å²) in [5, 5.41) is 0. The third kappa shape index (κ3) is 4.58. The molecule has 3 aromatic carbocycles. The maximum absolute atomic E-state index is 12.3. The highest BCUT2D eigenvalue weighted by molar-refractivity contribution is 5.91. The number of hydrogen-bond acceptors (Lipinski definition) is 3. The van der Waals surface area contributed by atoms with Crippen LogP contribution < -0.4 is 4.74 Å². The fraction of sp³-hybridized carbons (Fsp3) is 0.174. The molecule has 0 heterocycles. The lowest BCUT2D eigenvalue weighted by molar-refractivity contribution is 0.0735. The molecule has 0 spiro atoms. The number of hydrogen-bond donors (Lipinski definition) is 0. The molecule has 0 N–H and O–H groups in total. The smallest absolute Gasteiger partial charge is 0.343 e. The molecule has 0 aromatic heterocycles. The van der Waals surface area contributed by atoms with Crippen LogP contribution in [0.2, 0.25) is 0 Å². The van der Waals surface area contributed by atoms with Crippen LogP contribution in [0.5, 0.6) is 5.75 Å². The van der Waals surface area contributed by atoms with E-state index in [1.54, 1.807) is 31.4 Å². The van der Waals surface area contributed by atoms with Crippen molar-refractivity contribution in [2.75, 3.05) is 13.7 Å². The predicted molar refractivity (Wildman–Crippen MR) is 104 cm³/mol. The van der Waals surface area contributed by atoms with Gasteiger partial charge in [0.05, 0.1) is 12.2 Å². The Balaban J connectivity index is 1.67. The lowest BCUT2D eigenvalue weighted by atomic mass is 10.0. The van der Waals surface area contributed by atoms with Gasteiger partial charge < -0.3 is 9.47 Å². The molecule has 0 saturated heterocycles. The van der Waals surface area contributed by atoms with Crippen molar-refractivity contribution in [3.05, 3.63) is 89.5 Å². The fourth-order valence-corrected chi connectivity index (χ4v) is 2.65. The molecule has 0 amide bonds. The standard InChI is InChI=1S/C23H22O3/c1-17-3-13-22(14-4-17)26-23(24)21-11-9-20(10-12-21)19-7-5-18(6-8-19)15-16-25-2/h3-14H,15-16H2,1-2H3. The van der Waals surface area contributed by atoms with Gasteiger partial charge in [-0.25, -0.2) is 4.79 Å². The minimum atomic E-state index is -0.352. The van der Waals surface area contributed by atoms with Crippen molar-refractivity contribution >= 4 is 5.97 Å². The summed E-state index contributed by atoms with van der Waals surface area (Å²) in [6.45, 7) is 2.71. The molecule has 26 heavy (non-hydrogen) atoms. The Morgan fingerprint density at radius 1 is 0.808 bits per heavy atom. The number of carbonyl (C=O) groups is 1. The Morgan fingerprint density at radius 3 is 1.96 bits per heavy atom. The third-order valence-corrected chi connectivity index (χ3v) is 4.23. The molecule has 0 radical (unpaired) electrons. The molecule has 0 saturated carbocycles. The van der Waals surface area contributed by atoms with Crippen LogP contribution in [0.3, 0.4) is 0 Å². The Kier molecular flexibility index (Phi) is 5.82. The van der Waals surface area contributed by atoms with Crippen LogP contribution in [0.4, 0.5) is 0 Å². The number of carbonyl (C=O) groups excluding carboxylic acids is 1. The first-order valence-electron chi connectivity index (χ1n) is 8.63. The molecule has 3 nitrogen and oxygen atoms in total. The van der Waals surface area contributed by atoms with Crippen LogP contribution in [-0.4, -0.2) is 19.7 Å². The number of aryl methyl sites for hydroxylation is 1. The molecule has 132 valence electrons. The van der Waals surface area contributed by atoms with Crippen LogP contribution in [-0.2, 0) is 11.2 Å². The van der Waals surface area contributed by atoms with Crippen LogP contribution in [0.1, 0.15) is 21.5 Å². The van der Waals surface area contributed by atoms with Gasteiger partial charge in [-0.2, -0.15) is 0 Å². The summed E-state index contributed by atoms with van der Waals surface area (Å²) in [6, 6.07) is 23.3. The Bertz CT molecular complexity index is 847. The first kappa shape index (κ1) is 17.9. The molecule has 0 bridgehead atoms. The van der Waals surface area contributed by atoms with Gasteiger partial charge in [-0.15, -0.1) is 0 Å². The first-order valence-corrected chi connectivity index (χ1v) is 8.63. The molecular formula is C23H22O3. The zero-order valence-electron chi connectivity index (χ0n) is 15.1. The average molecular weight is 346 g/mol. The van der Waals surface area contributed by atoms with Crippen molar-refractivity contribution < 1.29 is 14.3 Å². The van der Waals surface area contributed by atoms with Crippen LogP contribution in [0.25, 0.3) is 11.1 Å². The van der Waals surface area contributed by atoms with Crippen LogP contribution in [0.15, 0.2) is 72.8 Å². The van der Waals surface area contributed by atoms with E-state index in [1.165, 1.54) is 5.56 Å². The average Bonchev–Trinajstić information content (AvgIpc) is 2.68. The zero-order chi connectivity index (χ0) is 18.4. The summed E-state index contributed by atoms with van der Waals surface area (Å²) >= 11 is 0. The van der Waals surface area contributed by atoms with Crippen molar-refractivity contribution in [1.29, 1.82) is 0 Å². The second kappa shape index (κ2) is 8.45. The van der Waals surface area contributed by atoms with Gasteiger partial charge in [-0.1, -0.05) is 54.1 Å². The van der Waals surface area contributed by atoms with Crippen molar-refractivity contribution in [3.63, 3.8) is 0 Å². The summed E-state index contributed by atoms with van der Waals surface area (Å²) in [4.78, 5) is 12.3. The molecular weight excluding hydrogens is 324 g/mol. The van der Waals surface area contributed by atoms with E-state index in [1.807, 2.05) is 31.2 Å². The second-order valence-corrected chi connectivity index (χ2v) is 6.22. The Hall–Kier alpha value is -2.91. The highest BCUT2D eigenvalue weighted by Gasteiger charge is 2.09. The van der Waals surface area contributed by atoms with Gasteiger partial charge in [0, 0.05) is 7.11 Å². The van der Waals surface area contributed by atoms with E-state index in [9.17, 15) is 4.79 Å². The van der Waals surface area contributed by atoms with Crippen molar-refractivity contribution in [3.8, 4) is 16.9 Å². The number of ether oxygens (including phenoxy) is 2. The number of esters is 1. The molecule has 0 aliphatic heterocycles. The monoisotopic (exact) mass is 346 g/mol. The summed E-state index contributed by atoms with van der Waals surface area (Å²) in [5.74, 6) is 0.201. The summed E-state index contributed by atoms with van der Waals surface area (Å²) in [5.41, 5.74) is 5.09. The molecule has 3 aromatic rings. The van der Waals surface area contributed by atoms with E-state index in [0.717, 1.165) is 29.7 Å². The van der Waals surface area contributed by atoms with Crippen molar-refractivity contribution in [2.24, 2.45) is 0 Å². The number of benzene rings is 3. The van der Waals surface area contributed by atoms with E-state index < -0.39 is 0 Å². The number of rotatable bonds is 6. The van der Waals surface area contributed by atoms with Crippen molar-refractivity contribution in [1.82, 2.24) is 0 Å². The summed E-state index contributed by atoms with van der Waals surface area (Å²) in [7, 11) is 1.71. The first-order chi connectivity index (χ1) is 12.7. The normalized spacial score (nSPS) is 10.5. The molecule has 0 atom stereocenters. The summed E-state index contributed by atoms with van der Waals surface area (Å²) in [6.07, 6.45) is 0.903. The van der Waals surface area contributed by atoms with Gasteiger partial charge in [-0.3, -0.25) is 0 Å². The minimum absolute atomic E-state index is 0.352. The van der Waals surface area contributed by atoms with Crippen LogP contribution in [0, 0.1) is 6.92 Å². The van der Waals surface area contributed by atoms with Gasteiger partial charge in [-0.05, 0) is 54.3 Å². The summed E-state index contributed by atoms with van der Waals surface area (Å²) < 4.78 is 10.5. The van der Waals surface area contributed by atoms with E-state index >= 15 is 0 Å². The van der Waals surface area contributed by atoms with E-state index in [-0.39, 0.29) is 5.97 Å². The predicted octanol–water partition coefficient (Wildman–Crippen LogP) is 5.07. The maximum Gasteiger partial charge on any atom is 0.343 e. The Morgan fingerprint density at radius 2 is 1.38 bits per heavy atom. The highest BCUT2D eigenvalue weighted by atomic mass is 16.5. The van der Waals surface area contributed by atoms with Crippen molar-refractivity contribution in [2.45, 2.75) is 13.3 Å². The lowest BCUT2D eigenvalue weighted by Crippen LogP contribution is -2.08. The van der Waals surface area contributed by atoms with Gasteiger partial charge in [0.15, 0.2) is 0 Å². The van der Waals surface area contributed by atoms with Crippen LogP contribution >= 0.6 is 0 Å². The van der Waals surface area contributed by atoms with Gasteiger partial charge >= 0.3 is 5.97 Å². The molecule has 0 aliphatic carbocycles. The van der Waals surface area contributed by atoms with Gasteiger partial charge in [0.2, 0.25) is 0 Å². The molecule has 0 unspecified atom stereocenters. The largest absolute Gasteiger partial charge is 0.423 e. The Labute approximate surface area is 154 Å². The second-order valence-electron chi connectivity index (χ2n) is 6.22. The molecule has 0 fully saturated rings. The number of methoxy groups -OCH3 is 1. The molecule has 0 aliphatic rings. The maximum atomic E-state index is 12.3. The minimum Gasteiger partial charge on any atom is -0.423 e. The van der Waals surface area contributed by atoms with E-state index in [2.05, 4.69) is 24.3 Å². The highest BCUT2D eigenvalue weighted by Crippen LogP contribution is 2.21. The quantitative estimate of drug-likeness (QED) is 0.462. The lowest BCUT2D eigenvalue weighted by Gasteiger charge is -2.07. The zero-order valence-corrected chi connectivity index (χ0v) is 15.1. The van der Waals surface area contributed by atoms with E-state index in [4.69, 9.17) is 9.47 Å². The third-order valence-electron chi connectivity index (χ3n) is 4.23. The van der Waals surface area contributed by atoms with Gasteiger partial charge in [0.25, 0.3) is 0 Å². The topological polar surface area (TPSA) is 35.5 Å². The SMILES string of the molecule is COCCc1ccc(-c2ccc(C(=O)Oc3ccc(C)cc3)cc2)cc1. The van der Waals surface area contributed by atoms with E-state index in [0.29, 0.717) is 11.3 Å². The molecule has 3 rings (SSSR count). The fourth-order valence-electron chi connectivity index (χ4n) is 2.65. The van der Waals surface area contributed by atoms with Gasteiger partial charge in [0.1, 0.15) is 5.75 Å².